The number of guanidine groups is 1. The summed E-state index contributed by atoms with van der Waals surface area (Å²) in [5.74, 6) is 0.158. The van der Waals surface area contributed by atoms with Crippen LogP contribution in [0.15, 0.2) is 34.2 Å². The van der Waals surface area contributed by atoms with Gasteiger partial charge in [-0.25, -0.2) is 13.1 Å². The molecule has 0 spiro atoms. The zero-order valence-electron chi connectivity index (χ0n) is 15.6. The van der Waals surface area contributed by atoms with Gasteiger partial charge in [-0.2, -0.15) is 13.2 Å². The maximum absolute atomic E-state index is 12.6. The Hall–Kier alpha value is -1.08. The molecule has 0 saturated carbocycles. The first-order valence-electron chi connectivity index (χ1n) is 7.97. The first kappa shape index (κ1) is 25.9. The molecule has 0 heterocycles. The third-order valence-electron chi connectivity index (χ3n) is 3.07. The highest BCUT2D eigenvalue weighted by Crippen LogP contribution is 2.19. The third kappa shape index (κ3) is 10.1. The van der Waals surface area contributed by atoms with Gasteiger partial charge in [0.05, 0.1) is 11.3 Å². The van der Waals surface area contributed by atoms with Gasteiger partial charge < -0.3 is 10.6 Å². The van der Waals surface area contributed by atoms with Crippen LogP contribution in [0.3, 0.4) is 0 Å². The van der Waals surface area contributed by atoms with Crippen LogP contribution in [0.1, 0.15) is 32.8 Å². The molecular weight excluding hydrogens is 496 g/mol. The van der Waals surface area contributed by atoms with Gasteiger partial charge in [0.15, 0.2) is 5.96 Å². The minimum atomic E-state index is -4.26. The van der Waals surface area contributed by atoms with Crippen LogP contribution in [0.25, 0.3) is 0 Å². The van der Waals surface area contributed by atoms with Crippen LogP contribution >= 0.6 is 24.0 Å². The van der Waals surface area contributed by atoms with E-state index in [1.165, 1.54) is 13.1 Å². The van der Waals surface area contributed by atoms with Gasteiger partial charge in [0, 0.05) is 25.7 Å². The van der Waals surface area contributed by atoms with Crippen LogP contribution in [-0.2, 0) is 16.6 Å². The fourth-order valence-corrected chi connectivity index (χ4v) is 3.75. The minimum absolute atomic E-state index is 0. The van der Waals surface area contributed by atoms with Crippen molar-refractivity contribution in [3.05, 3.63) is 29.8 Å². The Kier molecular flexibility index (Phi) is 10.0. The summed E-state index contributed by atoms with van der Waals surface area (Å²) in [6.07, 6.45) is -5.25. The maximum atomic E-state index is 12.6. The number of hydrogen-bond donors (Lipinski definition) is 3. The molecule has 0 atom stereocenters. The summed E-state index contributed by atoms with van der Waals surface area (Å²) in [6, 6.07) is 6.40. The quantitative estimate of drug-likeness (QED) is 0.305. The van der Waals surface area contributed by atoms with Crippen molar-refractivity contribution in [1.29, 1.82) is 0 Å². The Balaban J connectivity index is 0.00000676. The van der Waals surface area contributed by atoms with Crippen molar-refractivity contribution >= 4 is 40.0 Å². The Morgan fingerprint density at radius 3 is 2.22 bits per heavy atom. The lowest BCUT2D eigenvalue weighted by atomic mass is 10.1. The van der Waals surface area contributed by atoms with E-state index in [-0.39, 0.29) is 47.9 Å². The van der Waals surface area contributed by atoms with Crippen molar-refractivity contribution in [2.75, 3.05) is 13.6 Å². The summed E-state index contributed by atoms with van der Waals surface area (Å²) in [4.78, 5) is 3.94. The summed E-state index contributed by atoms with van der Waals surface area (Å²) in [6.45, 7) is 4.97. The van der Waals surface area contributed by atoms with Crippen molar-refractivity contribution in [3.8, 4) is 0 Å². The molecule has 3 N–H and O–H groups in total. The molecular formula is C16H26F3IN4O2S. The first-order chi connectivity index (χ1) is 11.8. The molecule has 0 unspecified atom stereocenters. The van der Waals surface area contributed by atoms with E-state index < -0.39 is 28.2 Å². The van der Waals surface area contributed by atoms with Crippen LogP contribution in [0.4, 0.5) is 13.2 Å². The molecule has 11 heteroatoms. The van der Waals surface area contributed by atoms with E-state index in [2.05, 4.69) is 20.3 Å². The van der Waals surface area contributed by atoms with Crippen molar-refractivity contribution < 1.29 is 21.6 Å². The number of nitrogens with zero attached hydrogens (tertiary/aromatic N) is 1. The lowest BCUT2D eigenvalue weighted by Crippen LogP contribution is -2.41. The Labute approximate surface area is 175 Å². The highest BCUT2D eigenvalue weighted by atomic mass is 127. The van der Waals surface area contributed by atoms with Crippen LogP contribution in [0.2, 0.25) is 0 Å². The molecule has 0 aromatic heterocycles. The summed E-state index contributed by atoms with van der Waals surface area (Å²) < 4.78 is 64.3. The molecule has 0 aliphatic heterocycles. The van der Waals surface area contributed by atoms with Gasteiger partial charge in [-0.3, -0.25) is 4.99 Å². The number of halogens is 4. The van der Waals surface area contributed by atoms with Gasteiger partial charge in [0.2, 0.25) is 10.0 Å². The monoisotopic (exact) mass is 522 g/mol. The average molecular weight is 522 g/mol. The van der Waals surface area contributed by atoms with E-state index in [4.69, 9.17) is 0 Å². The Morgan fingerprint density at radius 2 is 1.70 bits per heavy atom. The molecule has 1 aromatic carbocycles. The molecule has 0 fully saturated rings. The van der Waals surface area contributed by atoms with Crippen molar-refractivity contribution in [2.24, 2.45) is 4.99 Å². The third-order valence-corrected chi connectivity index (χ3v) is 4.93. The molecule has 27 heavy (non-hydrogen) atoms. The van der Waals surface area contributed by atoms with Gasteiger partial charge in [-0.05, 0) is 32.4 Å². The standard InChI is InChI=1S/C16H25F3N4O2S.HI/c1-15(2,3)23-26(24,25)13-8-6-5-7-12(13)11-22-14(20-4)21-10-9-16(17,18)19;/h5-8,23H,9-11H2,1-4H3,(H2,20,21,22);1H. The van der Waals surface area contributed by atoms with Gasteiger partial charge in [-0.15, -0.1) is 24.0 Å². The second kappa shape index (κ2) is 10.5. The van der Waals surface area contributed by atoms with Crippen molar-refractivity contribution in [1.82, 2.24) is 15.4 Å². The number of aliphatic imine (C=N–C) groups is 1. The van der Waals surface area contributed by atoms with E-state index in [1.54, 1.807) is 39.0 Å². The molecule has 0 amide bonds. The van der Waals surface area contributed by atoms with E-state index >= 15 is 0 Å². The lowest BCUT2D eigenvalue weighted by Gasteiger charge is -2.22. The van der Waals surface area contributed by atoms with Gasteiger partial charge in [0.1, 0.15) is 0 Å². The predicted octanol–water partition coefficient (Wildman–Crippen LogP) is 3.00. The zero-order chi connectivity index (χ0) is 20.0. The molecule has 1 rings (SSSR count). The number of alkyl halides is 3. The fraction of sp³-hybridized carbons (Fsp3) is 0.562. The van der Waals surface area contributed by atoms with Crippen LogP contribution in [0.5, 0.6) is 0 Å². The summed E-state index contributed by atoms with van der Waals surface area (Å²) in [5.41, 5.74) is -0.169. The SMILES string of the molecule is CN=C(NCCC(F)(F)F)NCc1ccccc1S(=O)(=O)NC(C)(C)C.I. The highest BCUT2D eigenvalue weighted by molar-refractivity contribution is 14.0. The smallest absolute Gasteiger partial charge is 0.356 e. The van der Waals surface area contributed by atoms with E-state index in [9.17, 15) is 21.6 Å². The summed E-state index contributed by atoms with van der Waals surface area (Å²) in [7, 11) is -2.32. The van der Waals surface area contributed by atoms with Crippen molar-refractivity contribution in [3.63, 3.8) is 0 Å². The predicted molar refractivity (Wildman–Crippen MR) is 111 cm³/mol. The largest absolute Gasteiger partial charge is 0.390 e. The first-order valence-corrected chi connectivity index (χ1v) is 9.45. The molecule has 0 bridgehead atoms. The van der Waals surface area contributed by atoms with Gasteiger partial charge in [0.25, 0.3) is 0 Å². The van der Waals surface area contributed by atoms with Crippen LogP contribution < -0.4 is 15.4 Å². The molecule has 0 radical (unpaired) electrons. The van der Waals surface area contributed by atoms with E-state index in [0.717, 1.165) is 0 Å². The molecule has 0 aliphatic rings. The Morgan fingerprint density at radius 1 is 1.11 bits per heavy atom. The van der Waals surface area contributed by atoms with Crippen molar-refractivity contribution in [2.45, 2.75) is 50.3 Å². The number of hydrogen-bond acceptors (Lipinski definition) is 3. The second-order valence-corrected chi connectivity index (χ2v) is 8.33. The Bertz CT molecular complexity index is 732. The summed E-state index contributed by atoms with van der Waals surface area (Å²) >= 11 is 0. The molecule has 156 valence electrons. The summed E-state index contributed by atoms with van der Waals surface area (Å²) in [5, 5.41) is 5.37. The number of benzene rings is 1. The second-order valence-electron chi connectivity index (χ2n) is 6.68. The van der Waals surface area contributed by atoms with Crippen LogP contribution in [-0.4, -0.2) is 39.7 Å². The number of rotatable bonds is 6. The molecule has 0 saturated heterocycles. The number of nitrogens with one attached hydrogen (secondary N) is 3. The lowest BCUT2D eigenvalue weighted by molar-refractivity contribution is -0.132. The minimum Gasteiger partial charge on any atom is -0.356 e. The zero-order valence-corrected chi connectivity index (χ0v) is 18.8. The van der Waals surface area contributed by atoms with E-state index in [0.29, 0.717) is 5.56 Å². The number of sulfonamides is 1. The fourth-order valence-electron chi connectivity index (χ4n) is 2.09. The molecule has 0 aliphatic carbocycles. The van der Waals surface area contributed by atoms with Gasteiger partial charge in [-0.1, -0.05) is 18.2 Å². The molecule has 1 aromatic rings. The van der Waals surface area contributed by atoms with Crippen LogP contribution in [0, 0.1) is 0 Å². The van der Waals surface area contributed by atoms with Gasteiger partial charge >= 0.3 is 6.18 Å². The average Bonchev–Trinajstić information content (AvgIpc) is 2.47. The highest BCUT2D eigenvalue weighted by Gasteiger charge is 2.26. The maximum Gasteiger partial charge on any atom is 0.390 e. The van der Waals surface area contributed by atoms with E-state index in [1.807, 2.05) is 0 Å². The normalized spacial score (nSPS) is 13.1. The molecule has 6 nitrogen and oxygen atoms in total. The topological polar surface area (TPSA) is 82.6 Å².